The van der Waals surface area contributed by atoms with Gasteiger partial charge >= 0.3 is 0 Å². The molecule has 0 saturated carbocycles. The van der Waals surface area contributed by atoms with Crippen LogP contribution in [0.3, 0.4) is 0 Å². The molecule has 68 valence electrons. The number of hydrogen-bond acceptors (Lipinski definition) is 2. The van der Waals surface area contributed by atoms with Gasteiger partial charge < -0.3 is 9.45 Å². The molecule has 0 amide bonds. The predicted octanol–water partition coefficient (Wildman–Crippen LogP) is 2.51. The third-order valence-electron chi connectivity index (χ3n) is 2.19. The maximum atomic E-state index is 8.49. The summed E-state index contributed by atoms with van der Waals surface area (Å²) in [5.41, 5.74) is 1.08. The van der Waals surface area contributed by atoms with Gasteiger partial charge in [0.05, 0.1) is 5.52 Å². The molecule has 0 spiro atoms. The average Bonchev–Trinajstić information content (AvgIpc) is 2.59. The molecular weight excluding hydrogens is 166 g/mol. The summed E-state index contributed by atoms with van der Waals surface area (Å²) in [5, 5.41) is 9.64. The van der Waals surface area contributed by atoms with E-state index in [0.717, 1.165) is 17.4 Å². The molecule has 2 rings (SSSR count). The number of benzene rings is 1. The van der Waals surface area contributed by atoms with Crippen LogP contribution in [-0.4, -0.2) is 9.82 Å². The molecule has 0 bridgehead atoms. The van der Waals surface area contributed by atoms with Gasteiger partial charge in [-0.2, -0.15) is 0 Å². The summed E-state index contributed by atoms with van der Waals surface area (Å²) in [5.74, 6) is 0.473. The van der Waals surface area contributed by atoms with Gasteiger partial charge in [0.25, 0.3) is 0 Å². The van der Waals surface area contributed by atoms with Gasteiger partial charge in [-0.3, -0.25) is 0 Å². The van der Waals surface area contributed by atoms with Gasteiger partial charge in [-0.25, -0.2) is 5.26 Å². The van der Waals surface area contributed by atoms with E-state index in [4.69, 9.17) is 5.26 Å². The van der Waals surface area contributed by atoms with Crippen LogP contribution in [0.25, 0.3) is 10.9 Å². The smallest absolute Gasteiger partial charge is 0.167 e. The highest BCUT2D eigenvalue weighted by Gasteiger charge is 2.01. The van der Waals surface area contributed by atoms with Crippen molar-refractivity contribution >= 4 is 10.9 Å². The summed E-state index contributed by atoms with van der Waals surface area (Å²) >= 11 is 0. The van der Waals surface area contributed by atoms with Crippen LogP contribution in [0.2, 0.25) is 0 Å². The molecule has 1 aromatic heterocycles. The van der Waals surface area contributed by atoms with E-state index in [1.165, 1.54) is 0 Å². The maximum Gasteiger partial charge on any atom is 0.167 e. The van der Waals surface area contributed by atoms with Gasteiger partial charge in [-0.05, 0) is 30.5 Å². The van der Waals surface area contributed by atoms with Gasteiger partial charge in [0.15, 0.2) is 5.75 Å². The Kier molecular flexibility index (Phi) is 1.94. The molecule has 13 heavy (non-hydrogen) atoms. The van der Waals surface area contributed by atoms with Crippen LogP contribution in [0.15, 0.2) is 30.5 Å². The average molecular weight is 177 g/mol. The Bertz CT molecular complexity index is 420. The summed E-state index contributed by atoms with van der Waals surface area (Å²) in [6, 6.07) is 7.52. The fourth-order valence-electron chi connectivity index (χ4n) is 1.50. The standard InChI is InChI=1S/C10H11NO2/c1-2-11-6-5-8-3-4-9(13-12)7-10(8)11/h3-7,12H,2H2,1H3. The lowest BCUT2D eigenvalue weighted by molar-refractivity contribution is -0.137. The Hall–Kier alpha value is -1.48. The monoisotopic (exact) mass is 177 g/mol. The second kappa shape index (κ2) is 3.11. The molecule has 3 heteroatoms. The topological polar surface area (TPSA) is 34.4 Å². The van der Waals surface area contributed by atoms with Crippen molar-refractivity contribution < 1.29 is 10.1 Å². The second-order valence-corrected chi connectivity index (χ2v) is 2.91. The summed E-state index contributed by atoms with van der Waals surface area (Å²) in [6.07, 6.45) is 2.02. The first-order chi connectivity index (χ1) is 6.35. The van der Waals surface area contributed by atoms with Crippen molar-refractivity contribution in [3.63, 3.8) is 0 Å². The minimum Gasteiger partial charge on any atom is -0.348 e. The molecule has 0 aliphatic rings. The zero-order valence-corrected chi connectivity index (χ0v) is 7.40. The maximum absolute atomic E-state index is 8.49. The molecule has 2 aromatic rings. The Labute approximate surface area is 76.1 Å². The van der Waals surface area contributed by atoms with E-state index in [-0.39, 0.29) is 0 Å². The molecule has 0 atom stereocenters. The Balaban J connectivity index is 2.64. The quantitative estimate of drug-likeness (QED) is 0.565. The highest BCUT2D eigenvalue weighted by molar-refractivity contribution is 5.81. The Morgan fingerprint density at radius 3 is 2.92 bits per heavy atom. The SMILES string of the molecule is CCn1ccc2ccc(OO)cc21. The summed E-state index contributed by atoms with van der Waals surface area (Å²) < 4.78 is 2.10. The van der Waals surface area contributed by atoms with E-state index in [2.05, 4.69) is 16.4 Å². The zero-order chi connectivity index (χ0) is 9.26. The van der Waals surface area contributed by atoms with Crippen molar-refractivity contribution in [2.75, 3.05) is 0 Å². The third kappa shape index (κ3) is 1.27. The first-order valence-electron chi connectivity index (χ1n) is 4.25. The number of aryl methyl sites for hydroxylation is 1. The first kappa shape index (κ1) is 8.13. The Morgan fingerprint density at radius 1 is 1.38 bits per heavy atom. The van der Waals surface area contributed by atoms with Crippen LogP contribution in [0.1, 0.15) is 6.92 Å². The van der Waals surface area contributed by atoms with E-state index in [9.17, 15) is 0 Å². The molecular formula is C10H11NO2. The van der Waals surface area contributed by atoms with Crippen LogP contribution in [0, 0.1) is 0 Å². The molecule has 3 nitrogen and oxygen atoms in total. The van der Waals surface area contributed by atoms with E-state index in [1.807, 2.05) is 24.4 Å². The van der Waals surface area contributed by atoms with E-state index in [1.54, 1.807) is 6.07 Å². The van der Waals surface area contributed by atoms with Crippen molar-refractivity contribution in [3.8, 4) is 5.75 Å². The largest absolute Gasteiger partial charge is 0.348 e. The van der Waals surface area contributed by atoms with Crippen LogP contribution >= 0.6 is 0 Å². The third-order valence-corrected chi connectivity index (χ3v) is 2.19. The van der Waals surface area contributed by atoms with E-state index < -0.39 is 0 Å². The Morgan fingerprint density at radius 2 is 2.23 bits per heavy atom. The second-order valence-electron chi connectivity index (χ2n) is 2.91. The van der Waals surface area contributed by atoms with Crippen molar-refractivity contribution in [2.24, 2.45) is 0 Å². The highest BCUT2D eigenvalue weighted by atomic mass is 17.1. The fourth-order valence-corrected chi connectivity index (χ4v) is 1.50. The number of rotatable bonds is 2. The van der Waals surface area contributed by atoms with Crippen molar-refractivity contribution in [1.29, 1.82) is 0 Å². The van der Waals surface area contributed by atoms with Gasteiger partial charge in [-0.15, -0.1) is 0 Å². The number of fused-ring (bicyclic) bond motifs is 1. The van der Waals surface area contributed by atoms with Gasteiger partial charge in [0, 0.05) is 18.8 Å². The minimum atomic E-state index is 0.473. The lowest BCUT2D eigenvalue weighted by atomic mass is 10.2. The zero-order valence-electron chi connectivity index (χ0n) is 7.40. The fraction of sp³-hybridized carbons (Fsp3) is 0.200. The van der Waals surface area contributed by atoms with Crippen LogP contribution in [0.5, 0.6) is 5.75 Å². The number of hydrogen-bond donors (Lipinski definition) is 1. The van der Waals surface area contributed by atoms with Crippen LogP contribution < -0.4 is 4.89 Å². The molecule has 0 aliphatic carbocycles. The lowest BCUT2D eigenvalue weighted by Crippen LogP contribution is -1.91. The molecule has 0 unspecified atom stereocenters. The molecule has 0 fully saturated rings. The predicted molar refractivity (Wildman–Crippen MR) is 50.9 cm³/mol. The lowest BCUT2D eigenvalue weighted by Gasteiger charge is -2.01. The van der Waals surface area contributed by atoms with Crippen molar-refractivity contribution in [2.45, 2.75) is 13.5 Å². The van der Waals surface area contributed by atoms with E-state index >= 15 is 0 Å². The summed E-state index contributed by atoms with van der Waals surface area (Å²) in [6.45, 7) is 2.99. The molecule has 1 N–H and O–H groups in total. The first-order valence-corrected chi connectivity index (χ1v) is 4.25. The molecule has 0 saturated heterocycles. The summed E-state index contributed by atoms with van der Waals surface area (Å²) in [4.78, 5) is 4.18. The van der Waals surface area contributed by atoms with Crippen LogP contribution in [-0.2, 0) is 6.54 Å². The molecule has 1 heterocycles. The minimum absolute atomic E-state index is 0.473. The van der Waals surface area contributed by atoms with Gasteiger partial charge in [0.2, 0.25) is 0 Å². The number of nitrogens with zero attached hydrogens (tertiary/aromatic N) is 1. The normalized spacial score (nSPS) is 10.6. The molecule has 0 radical (unpaired) electrons. The highest BCUT2D eigenvalue weighted by Crippen LogP contribution is 2.21. The van der Waals surface area contributed by atoms with Gasteiger partial charge in [-0.1, -0.05) is 0 Å². The number of aromatic nitrogens is 1. The van der Waals surface area contributed by atoms with Crippen molar-refractivity contribution in [3.05, 3.63) is 30.5 Å². The van der Waals surface area contributed by atoms with Gasteiger partial charge in [0.1, 0.15) is 0 Å². The molecule has 1 aromatic carbocycles. The summed E-state index contributed by atoms with van der Waals surface area (Å²) in [7, 11) is 0. The van der Waals surface area contributed by atoms with Crippen LogP contribution in [0.4, 0.5) is 0 Å². The van der Waals surface area contributed by atoms with Crippen molar-refractivity contribution in [1.82, 2.24) is 4.57 Å². The van der Waals surface area contributed by atoms with E-state index in [0.29, 0.717) is 5.75 Å². The molecule has 0 aliphatic heterocycles.